The summed E-state index contributed by atoms with van der Waals surface area (Å²) in [4.78, 5) is 0. The zero-order chi connectivity index (χ0) is 19.2. The second-order valence-corrected chi connectivity index (χ2v) is 6.64. The molecule has 0 atom stereocenters. The van der Waals surface area contributed by atoms with Crippen LogP contribution in [0.5, 0.6) is 11.5 Å². The van der Waals surface area contributed by atoms with E-state index in [1.165, 1.54) is 11.1 Å². The van der Waals surface area contributed by atoms with Gasteiger partial charge in [0.1, 0.15) is 11.5 Å². The maximum Gasteiger partial charge on any atom is 0.127 e. The number of nitrogen functional groups attached to an aromatic ring is 1. The van der Waals surface area contributed by atoms with Crippen LogP contribution in [0.2, 0.25) is 0 Å². The summed E-state index contributed by atoms with van der Waals surface area (Å²) in [6.07, 6.45) is 0.814. The molecule has 0 aromatic heterocycles. The lowest BCUT2D eigenvalue weighted by molar-refractivity contribution is 0.482. The Hall–Kier alpha value is -3.72. The van der Waals surface area contributed by atoms with Crippen molar-refractivity contribution in [3.8, 4) is 11.5 Å². The molecule has 4 aromatic rings. The van der Waals surface area contributed by atoms with Gasteiger partial charge in [0, 0.05) is 17.1 Å². The summed E-state index contributed by atoms with van der Waals surface area (Å²) >= 11 is 0. The molecule has 0 saturated heterocycles. The molecule has 0 radical (unpaired) electrons. The first-order chi connectivity index (χ1) is 13.8. The van der Waals surface area contributed by atoms with Crippen LogP contribution >= 0.6 is 0 Å². The van der Waals surface area contributed by atoms with Gasteiger partial charge in [-0.25, -0.2) is 0 Å². The minimum absolute atomic E-state index is 0.722. The van der Waals surface area contributed by atoms with Gasteiger partial charge in [0.05, 0.1) is 0 Å². The van der Waals surface area contributed by atoms with Gasteiger partial charge in [-0.1, -0.05) is 48.5 Å². The number of anilines is 3. The predicted molar refractivity (Wildman–Crippen MR) is 116 cm³/mol. The van der Waals surface area contributed by atoms with Crippen LogP contribution in [0.25, 0.3) is 0 Å². The second-order valence-electron chi connectivity index (χ2n) is 6.64. The molecule has 138 valence electrons. The normalized spacial score (nSPS) is 10.4. The molecule has 0 saturated carbocycles. The molecule has 0 spiro atoms. The SMILES string of the molecule is Nc1ccc(Oc2ccc(Nc3ccccc3)c(Cc3ccccc3)c2)cc1. The van der Waals surface area contributed by atoms with Crippen molar-refractivity contribution in [2.75, 3.05) is 11.1 Å². The number of hydrogen-bond acceptors (Lipinski definition) is 3. The molecular formula is C25H22N2O. The lowest BCUT2D eigenvalue weighted by Gasteiger charge is -2.15. The highest BCUT2D eigenvalue weighted by Crippen LogP contribution is 2.30. The maximum absolute atomic E-state index is 6.03. The minimum Gasteiger partial charge on any atom is -0.457 e. The molecule has 3 heteroatoms. The molecule has 0 unspecified atom stereocenters. The Labute approximate surface area is 165 Å². The summed E-state index contributed by atoms with van der Waals surface area (Å²) in [5.41, 5.74) is 11.0. The van der Waals surface area contributed by atoms with E-state index >= 15 is 0 Å². The molecular weight excluding hydrogens is 344 g/mol. The molecule has 0 fully saturated rings. The van der Waals surface area contributed by atoms with Gasteiger partial charge in [-0.3, -0.25) is 0 Å². The Morgan fingerprint density at radius 3 is 2.04 bits per heavy atom. The highest BCUT2D eigenvalue weighted by atomic mass is 16.5. The largest absolute Gasteiger partial charge is 0.457 e. The van der Waals surface area contributed by atoms with Crippen molar-refractivity contribution in [3.05, 3.63) is 114 Å². The second kappa shape index (κ2) is 8.31. The van der Waals surface area contributed by atoms with Gasteiger partial charge >= 0.3 is 0 Å². The predicted octanol–water partition coefficient (Wildman–Crippen LogP) is 6.40. The van der Waals surface area contributed by atoms with E-state index < -0.39 is 0 Å². The van der Waals surface area contributed by atoms with Crippen LogP contribution in [0.4, 0.5) is 17.1 Å². The molecule has 0 bridgehead atoms. The first-order valence-electron chi connectivity index (χ1n) is 9.28. The lowest BCUT2D eigenvalue weighted by Crippen LogP contribution is -1.98. The summed E-state index contributed by atoms with van der Waals surface area (Å²) in [6, 6.07) is 34.2. The lowest BCUT2D eigenvalue weighted by atomic mass is 10.0. The summed E-state index contributed by atoms with van der Waals surface area (Å²) in [6.45, 7) is 0. The van der Waals surface area contributed by atoms with E-state index in [4.69, 9.17) is 10.5 Å². The molecule has 0 heterocycles. The Balaban J connectivity index is 1.64. The fourth-order valence-corrected chi connectivity index (χ4v) is 3.07. The summed E-state index contributed by atoms with van der Waals surface area (Å²) in [5, 5.41) is 3.52. The number of rotatable bonds is 6. The Morgan fingerprint density at radius 1 is 0.679 bits per heavy atom. The number of nitrogens with one attached hydrogen (secondary N) is 1. The van der Waals surface area contributed by atoms with Crippen molar-refractivity contribution in [1.29, 1.82) is 0 Å². The molecule has 4 aromatic carbocycles. The van der Waals surface area contributed by atoms with E-state index in [1.54, 1.807) is 0 Å². The number of nitrogens with two attached hydrogens (primary N) is 1. The third-order valence-corrected chi connectivity index (χ3v) is 4.48. The van der Waals surface area contributed by atoms with Crippen LogP contribution < -0.4 is 15.8 Å². The fraction of sp³-hybridized carbons (Fsp3) is 0.0400. The maximum atomic E-state index is 6.03. The standard InChI is InChI=1S/C25H22N2O/c26-21-11-13-23(14-12-21)28-24-15-16-25(27-22-9-5-2-6-10-22)20(18-24)17-19-7-3-1-4-8-19/h1-16,18,27H,17,26H2. The van der Waals surface area contributed by atoms with E-state index in [9.17, 15) is 0 Å². The van der Waals surface area contributed by atoms with Crippen LogP contribution in [0.1, 0.15) is 11.1 Å². The highest BCUT2D eigenvalue weighted by molar-refractivity contribution is 5.65. The van der Waals surface area contributed by atoms with Gasteiger partial charge in [0.25, 0.3) is 0 Å². The number of benzene rings is 4. The fourth-order valence-electron chi connectivity index (χ4n) is 3.07. The Bertz CT molecular complexity index is 1030. The van der Waals surface area contributed by atoms with E-state index in [0.29, 0.717) is 0 Å². The van der Waals surface area contributed by atoms with Crippen molar-refractivity contribution in [2.24, 2.45) is 0 Å². The summed E-state index contributed by atoms with van der Waals surface area (Å²) in [7, 11) is 0. The first kappa shape index (κ1) is 17.7. The molecule has 0 amide bonds. The van der Waals surface area contributed by atoms with E-state index in [2.05, 4.69) is 53.8 Å². The zero-order valence-electron chi connectivity index (χ0n) is 15.5. The van der Waals surface area contributed by atoms with Gasteiger partial charge in [-0.05, 0) is 72.1 Å². The Kier molecular flexibility index (Phi) is 5.25. The van der Waals surface area contributed by atoms with Crippen molar-refractivity contribution in [3.63, 3.8) is 0 Å². The van der Waals surface area contributed by atoms with Crippen molar-refractivity contribution < 1.29 is 4.74 Å². The molecule has 0 aliphatic carbocycles. The number of para-hydroxylation sites is 1. The third-order valence-electron chi connectivity index (χ3n) is 4.48. The molecule has 3 nitrogen and oxygen atoms in total. The highest BCUT2D eigenvalue weighted by Gasteiger charge is 2.08. The quantitative estimate of drug-likeness (QED) is 0.388. The van der Waals surface area contributed by atoms with Crippen LogP contribution in [0.3, 0.4) is 0 Å². The van der Waals surface area contributed by atoms with Crippen molar-refractivity contribution in [2.45, 2.75) is 6.42 Å². The topological polar surface area (TPSA) is 47.3 Å². The van der Waals surface area contributed by atoms with E-state index in [1.807, 2.05) is 54.6 Å². The van der Waals surface area contributed by atoms with Crippen LogP contribution in [0.15, 0.2) is 103 Å². The van der Waals surface area contributed by atoms with E-state index in [0.717, 1.165) is 35.0 Å². The summed E-state index contributed by atoms with van der Waals surface area (Å²) in [5.74, 6) is 1.57. The van der Waals surface area contributed by atoms with Gasteiger partial charge in [0.15, 0.2) is 0 Å². The summed E-state index contributed by atoms with van der Waals surface area (Å²) < 4.78 is 6.03. The number of ether oxygens (including phenoxy) is 1. The molecule has 0 aliphatic rings. The third kappa shape index (κ3) is 4.51. The Morgan fingerprint density at radius 2 is 1.32 bits per heavy atom. The van der Waals surface area contributed by atoms with Gasteiger partial charge in [-0.15, -0.1) is 0 Å². The van der Waals surface area contributed by atoms with Crippen molar-refractivity contribution in [1.82, 2.24) is 0 Å². The molecule has 3 N–H and O–H groups in total. The molecule has 4 rings (SSSR count). The van der Waals surface area contributed by atoms with Gasteiger partial charge in [-0.2, -0.15) is 0 Å². The van der Waals surface area contributed by atoms with Crippen LogP contribution in [-0.4, -0.2) is 0 Å². The van der Waals surface area contributed by atoms with Crippen LogP contribution in [-0.2, 0) is 6.42 Å². The monoisotopic (exact) mass is 366 g/mol. The minimum atomic E-state index is 0.722. The van der Waals surface area contributed by atoms with Gasteiger partial charge < -0.3 is 15.8 Å². The zero-order valence-corrected chi connectivity index (χ0v) is 15.5. The average Bonchev–Trinajstić information content (AvgIpc) is 2.73. The smallest absolute Gasteiger partial charge is 0.127 e. The first-order valence-corrected chi connectivity index (χ1v) is 9.28. The van der Waals surface area contributed by atoms with Crippen molar-refractivity contribution >= 4 is 17.1 Å². The molecule has 28 heavy (non-hydrogen) atoms. The average molecular weight is 366 g/mol. The van der Waals surface area contributed by atoms with Crippen LogP contribution in [0, 0.1) is 0 Å². The van der Waals surface area contributed by atoms with Gasteiger partial charge in [0.2, 0.25) is 0 Å². The number of hydrogen-bond donors (Lipinski definition) is 2. The van der Waals surface area contributed by atoms with E-state index in [-0.39, 0.29) is 0 Å². The molecule has 0 aliphatic heterocycles.